The van der Waals surface area contributed by atoms with Crippen LogP contribution in [0.25, 0.3) is 0 Å². The predicted molar refractivity (Wildman–Crippen MR) is 96.4 cm³/mol. The summed E-state index contributed by atoms with van der Waals surface area (Å²) in [6.07, 6.45) is 2.31. The van der Waals surface area contributed by atoms with E-state index in [0.29, 0.717) is 12.8 Å². The average molecular weight is 376 g/mol. The summed E-state index contributed by atoms with van der Waals surface area (Å²) in [4.78, 5) is 36.8. The van der Waals surface area contributed by atoms with Gasteiger partial charge in [0.2, 0.25) is 0 Å². The number of hydrogen-bond acceptors (Lipinski definition) is 6. The quantitative estimate of drug-likeness (QED) is 0.453. The topological polar surface area (TPSA) is 99.0 Å². The summed E-state index contributed by atoms with van der Waals surface area (Å²) >= 11 is 0. The molecular formula is C19H24N2O6. The van der Waals surface area contributed by atoms with Crippen molar-refractivity contribution in [2.45, 2.75) is 70.2 Å². The van der Waals surface area contributed by atoms with Gasteiger partial charge in [0.1, 0.15) is 11.7 Å². The molecule has 0 aromatic heterocycles. The molecule has 3 atom stereocenters. The van der Waals surface area contributed by atoms with Gasteiger partial charge in [-0.15, -0.1) is 0 Å². The number of nitro groups is 1. The van der Waals surface area contributed by atoms with Crippen LogP contribution in [-0.4, -0.2) is 45.7 Å². The second-order valence-electron chi connectivity index (χ2n) is 8.08. The van der Waals surface area contributed by atoms with Crippen LogP contribution in [0.4, 0.5) is 10.5 Å². The number of carbonyl (C=O) groups excluding carboxylic acids is 2. The van der Waals surface area contributed by atoms with E-state index in [0.717, 1.165) is 12.8 Å². The first-order valence-corrected chi connectivity index (χ1v) is 9.11. The molecule has 2 bridgehead atoms. The number of nitro benzene ring substituents is 1. The Morgan fingerprint density at radius 1 is 1.11 bits per heavy atom. The average Bonchev–Trinajstić information content (AvgIpc) is 2.85. The molecule has 0 spiro atoms. The van der Waals surface area contributed by atoms with Crippen molar-refractivity contribution < 1.29 is 24.0 Å². The summed E-state index contributed by atoms with van der Waals surface area (Å²) in [5.74, 6) is -0.500. The Balaban J connectivity index is 1.60. The molecule has 0 radical (unpaired) electrons. The maximum absolute atomic E-state index is 12.5. The van der Waals surface area contributed by atoms with Crippen LogP contribution in [0, 0.1) is 10.1 Å². The van der Waals surface area contributed by atoms with Crippen molar-refractivity contribution in [2.75, 3.05) is 0 Å². The Morgan fingerprint density at radius 3 is 2.15 bits per heavy atom. The summed E-state index contributed by atoms with van der Waals surface area (Å²) in [6, 6.07) is 5.37. The lowest BCUT2D eigenvalue weighted by atomic mass is 10.00. The molecule has 2 aliphatic rings. The Kier molecular flexibility index (Phi) is 5.08. The van der Waals surface area contributed by atoms with E-state index in [4.69, 9.17) is 9.47 Å². The zero-order chi connectivity index (χ0) is 19.8. The number of esters is 1. The molecule has 1 aromatic carbocycles. The number of nitrogens with zero attached hydrogens (tertiary/aromatic N) is 2. The Hall–Kier alpha value is -2.64. The molecule has 0 unspecified atom stereocenters. The van der Waals surface area contributed by atoms with Crippen LogP contribution in [0.5, 0.6) is 0 Å². The van der Waals surface area contributed by atoms with Gasteiger partial charge in [0, 0.05) is 37.1 Å². The van der Waals surface area contributed by atoms with Crippen LogP contribution in [0.15, 0.2) is 24.3 Å². The molecule has 146 valence electrons. The lowest BCUT2D eigenvalue weighted by Gasteiger charge is -2.39. The lowest BCUT2D eigenvalue weighted by molar-refractivity contribution is -0.384. The second kappa shape index (κ2) is 7.17. The van der Waals surface area contributed by atoms with E-state index in [1.54, 1.807) is 4.90 Å². The normalized spacial score (nSPS) is 24.4. The number of fused-ring (bicyclic) bond motifs is 2. The van der Waals surface area contributed by atoms with Crippen LogP contribution in [0.3, 0.4) is 0 Å². The van der Waals surface area contributed by atoms with E-state index in [9.17, 15) is 19.7 Å². The summed E-state index contributed by atoms with van der Waals surface area (Å²) in [7, 11) is 0. The molecule has 0 aliphatic carbocycles. The molecule has 8 nitrogen and oxygen atoms in total. The van der Waals surface area contributed by atoms with Gasteiger partial charge >= 0.3 is 12.1 Å². The monoisotopic (exact) mass is 376 g/mol. The molecule has 0 N–H and O–H groups in total. The third-order valence-corrected chi connectivity index (χ3v) is 4.88. The Labute approximate surface area is 157 Å². The first-order valence-electron chi connectivity index (χ1n) is 9.11. The minimum atomic E-state index is -0.546. The maximum Gasteiger partial charge on any atom is 0.410 e. The van der Waals surface area contributed by atoms with Crippen molar-refractivity contribution in [2.24, 2.45) is 0 Å². The number of benzene rings is 1. The first-order chi connectivity index (χ1) is 12.6. The van der Waals surface area contributed by atoms with Crippen molar-refractivity contribution in [3.05, 3.63) is 39.9 Å². The highest BCUT2D eigenvalue weighted by Crippen LogP contribution is 2.38. The summed E-state index contributed by atoms with van der Waals surface area (Å²) in [5.41, 5.74) is -0.340. The number of carbonyl (C=O) groups is 2. The molecule has 2 fully saturated rings. The third kappa shape index (κ3) is 4.37. The zero-order valence-electron chi connectivity index (χ0n) is 15.7. The Bertz CT molecular complexity index is 726. The van der Waals surface area contributed by atoms with Crippen LogP contribution >= 0.6 is 0 Å². The van der Waals surface area contributed by atoms with Crippen LogP contribution < -0.4 is 0 Å². The first kappa shape index (κ1) is 19.1. The van der Waals surface area contributed by atoms with Crippen LogP contribution in [0.1, 0.15) is 56.8 Å². The third-order valence-electron chi connectivity index (χ3n) is 4.88. The van der Waals surface area contributed by atoms with Crippen LogP contribution in [-0.2, 0) is 9.47 Å². The van der Waals surface area contributed by atoms with Gasteiger partial charge in [-0.05, 0) is 45.7 Å². The van der Waals surface area contributed by atoms with Crippen molar-refractivity contribution >= 4 is 17.7 Å². The van der Waals surface area contributed by atoms with E-state index in [1.165, 1.54) is 24.3 Å². The molecule has 1 amide bonds. The van der Waals surface area contributed by atoms with Crippen molar-refractivity contribution in [3.8, 4) is 0 Å². The fraction of sp³-hybridized carbons (Fsp3) is 0.579. The standard InChI is InChI=1S/C19H24N2O6/c1-19(2,3)27-18(23)20-14-8-9-15(20)11-16(10-14)26-17(22)12-4-6-13(7-5-12)21(24)25/h4-7,14-16H,8-11H2,1-3H3/t14-,15+,16-. The molecule has 0 saturated carbocycles. The molecule has 2 heterocycles. The van der Waals surface area contributed by atoms with E-state index in [2.05, 4.69) is 0 Å². The highest BCUT2D eigenvalue weighted by molar-refractivity contribution is 5.89. The minimum absolute atomic E-state index is 0.00765. The molecule has 27 heavy (non-hydrogen) atoms. The number of ether oxygens (including phenoxy) is 2. The van der Waals surface area contributed by atoms with Gasteiger partial charge in [-0.25, -0.2) is 9.59 Å². The molecule has 1 aromatic rings. The largest absolute Gasteiger partial charge is 0.459 e. The Morgan fingerprint density at radius 2 is 1.67 bits per heavy atom. The van der Waals surface area contributed by atoms with Crippen LogP contribution in [0.2, 0.25) is 0 Å². The number of hydrogen-bond donors (Lipinski definition) is 0. The summed E-state index contributed by atoms with van der Waals surface area (Å²) in [6.45, 7) is 5.52. The van der Waals surface area contributed by atoms with Crippen molar-refractivity contribution in [1.29, 1.82) is 0 Å². The molecule has 2 saturated heterocycles. The molecule has 2 aliphatic heterocycles. The number of non-ortho nitro benzene ring substituents is 1. The van der Waals surface area contributed by atoms with Gasteiger partial charge in [-0.3, -0.25) is 10.1 Å². The van der Waals surface area contributed by atoms with E-state index >= 15 is 0 Å². The van der Waals surface area contributed by atoms with Gasteiger partial charge in [0.15, 0.2) is 0 Å². The number of rotatable bonds is 3. The minimum Gasteiger partial charge on any atom is -0.459 e. The molecular weight excluding hydrogens is 352 g/mol. The zero-order valence-corrected chi connectivity index (χ0v) is 15.7. The molecule has 8 heteroatoms. The van der Waals surface area contributed by atoms with Crippen molar-refractivity contribution in [1.82, 2.24) is 4.90 Å². The number of piperidine rings is 1. The predicted octanol–water partition coefficient (Wildman–Crippen LogP) is 3.68. The summed E-state index contributed by atoms with van der Waals surface area (Å²) < 4.78 is 11.1. The van der Waals surface area contributed by atoms with Gasteiger partial charge in [0.05, 0.1) is 10.5 Å². The second-order valence-corrected chi connectivity index (χ2v) is 8.08. The van der Waals surface area contributed by atoms with E-state index < -0.39 is 16.5 Å². The smallest absolute Gasteiger partial charge is 0.410 e. The van der Waals surface area contributed by atoms with Gasteiger partial charge < -0.3 is 14.4 Å². The van der Waals surface area contributed by atoms with Gasteiger partial charge in [-0.2, -0.15) is 0 Å². The van der Waals surface area contributed by atoms with E-state index in [1.807, 2.05) is 20.8 Å². The maximum atomic E-state index is 12.5. The van der Waals surface area contributed by atoms with E-state index in [-0.39, 0.29) is 35.5 Å². The SMILES string of the molecule is CC(C)(C)OC(=O)N1[C@@H]2CC[C@H]1C[C@H](OC(=O)c1ccc([N+](=O)[O-])cc1)C2. The lowest BCUT2D eigenvalue weighted by Crippen LogP contribution is -2.50. The fourth-order valence-electron chi connectivity index (χ4n) is 3.77. The number of amides is 1. The fourth-order valence-corrected chi connectivity index (χ4v) is 3.77. The van der Waals surface area contributed by atoms with Gasteiger partial charge in [-0.1, -0.05) is 0 Å². The highest BCUT2D eigenvalue weighted by atomic mass is 16.6. The summed E-state index contributed by atoms with van der Waals surface area (Å²) in [5, 5.41) is 10.7. The highest BCUT2D eigenvalue weighted by Gasteiger charge is 2.46. The van der Waals surface area contributed by atoms with Crippen molar-refractivity contribution in [3.63, 3.8) is 0 Å². The van der Waals surface area contributed by atoms with Gasteiger partial charge in [0.25, 0.3) is 5.69 Å². The molecule has 3 rings (SSSR count).